The number of esters is 1. The molecule has 0 bridgehead atoms. The lowest BCUT2D eigenvalue weighted by atomic mass is 9.94. The molecular weight excluding hydrogens is 553 g/mol. The molecule has 4 rings (SSSR count). The van der Waals surface area contributed by atoms with Gasteiger partial charge >= 0.3 is 5.97 Å². The fourth-order valence-corrected chi connectivity index (χ4v) is 4.08. The number of rotatable bonds is 5. The van der Waals surface area contributed by atoms with Crippen molar-refractivity contribution in [1.29, 1.82) is 0 Å². The molecule has 5 nitrogen and oxygen atoms in total. The topological polar surface area (TPSA) is 68.3 Å². The van der Waals surface area contributed by atoms with E-state index in [1.54, 1.807) is 12.3 Å². The Labute approximate surface area is 244 Å². The molecule has 0 atom stereocenters. The zero-order chi connectivity index (χ0) is 31.1. The van der Waals surface area contributed by atoms with Gasteiger partial charge in [-0.1, -0.05) is 70.5 Å². The molecule has 0 aliphatic carbocycles. The Morgan fingerprint density at radius 2 is 1.59 bits per heavy atom. The zero-order valence-corrected chi connectivity index (χ0v) is 25.1. The summed E-state index contributed by atoms with van der Waals surface area (Å²) in [6, 6.07) is 14.0. The number of carbonyl (C=O) groups excluding carboxylic acids is 2. The van der Waals surface area contributed by atoms with Gasteiger partial charge in [-0.3, -0.25) is 14.6 Å². The van der Waals surface area contributed by atoms with Crippen LogP contribution in [0.1, 0.15) is 56.1 Å². The van der Waals surface area contributed by atoms with Crippen molar-refractivity contribution in [2.24, 2.45) is 0 Å². The van der Waals surface area contributed by atoms with Gasteiger partial charge in [0.15, 0.2) is 0 Å². The molecule has 1 N–H and O–H groups in total. The fraction of sp³-hybridized carbons (Fsp3) is 0.281. The summed E-state index contributed by atoms with van der Waals surface area (Å²) in [6.07, 6.45) is 2.49. The number of aromatic nitrogens is 1. The van der Waals surface area contributed by atoms with Gasteiger partial charge in [-0.25, -0.2) is 13.2 Å². The minimum absolute atomic E-state index is 0.301. The first-order valence-electron chi connectivity index (χ1n) is 13.3. The second-order valence-electron chi connectivity index (χ2n) is 7.96. The molecular formula is C32H36ClF3N2O3. The average molecular weight is 589 g/mol. The quantitative estimate of drug-likeness (QED) is 0.237. The van der Waals surface area contributed by atoms with E-state index in [-0.39, 0.29) is 5.82 Å². The third-order valence-electron chi connectivity index (χ3n) is 5.59. The number of hydrogen-bond acceptors (Lipinski definition) is 4. The minimum Gasteiger partial charge on any atom is -0.468 e. The Morgan fingerprint density at radius 3 is 2.17 bits per heavy atom. The number of pyridine rings is 1. The summed E-state index contributed by atoms with van der Waals surface area (Å²) in [5, 5.41) is 3.57. The third kappa shape index (κ3) is 9.32. The Bertz CT molecular complexity index is 1440. The predicted molar refractivity (Wildman–Crippen MR) is 160 cm³/mol. The van der Waals surface area contributed by atoms with E-state index in [0.29, 0.717) is 5.02 Å². The number of fused-ring (bicyclic) bond motifs is 1. The minimum atomic E-state index is -0.999. The van der Waals surface area contributed by atoms with Crippen molar-refractivity contribution in [3.8, 4) is 11.1 Å². The van der Waals surface area contributed by atoms with Gasteiger partial charge in [-0.2, -0.15) is 0 Å². The van der Waals surface area contributed by atoms with Gasteiger partial charge in [0.1, 0.15) is 29.6 Å². The summed E-state index contributed by atoms with van der Waals surface area (Å²) >= 11 is 6.32. The Hall–Kier alpha value is -3.91. The van der Waals surface area contributed by atoms with Crippen LogP contribution in [-0.4, -0.2) is 30.5 Å². The standard InChI is InChI=1S/C18H15ClFN.C10H9F2NO3.2C2H6/c1-3-12-9-13(20)10-16(19)17(12)15-7-6-11(2)14-5-4-8-21-18(14)15;1-16-8(14)5-13-10(15)9-6(11)3-2-4-7(9)12;2*1-2/h4-10H,3H2,1-2H3;2-4H,5H2,1H3,(H,13,15);2*1-2H3. The van der Waals surface area contributed by atoms with Crippen molar-refractivity contribution < 1.29 is 27.5 Å². The maximum absolute atomic E-state index is 13.6. The SMILES string of the molecule is CC.CC.CCc1cc(F)cc(Cl)c1-c1ccc(C)c2cccnc12.COC(=O)CNC(=O)c1c(F)cccc1F. The molecule has 1 aromatic heterocycles. The molecule has 0 radical (unpaired) electrons. The molecule has 0 unspecified atom stereocenters. The largest absolute Gasteiger partial charge is 0.468 e. The molecule has 0 saturated carbocycles. The molecule has 0 aliphatic rings. The van der Waals surface area contributed by atoms with Crippen LogP contribution in [0.15, 0.2) is 60.8 Å². The van der Waals surface area contributed by atoms with Gasteiger partial charge in [0.25, 0.3) is 5.91 Å². The molecule has 220 valence electrons. The summed E-state index contributed by atoms with van der Waals surface area (Å²) in [7, 11) is 1.14. The number of halogens is 4. The zero-order valence-electron chi connectivity index (χ0n) is 24.4. The monoisotopic (exact) mass is 588 g/mol. The van der Waals surface area contributed by atoms with E-state index in [1.165, 1.54) is 6.07 Å². The average Bonchev–Trinajstić information content (AvgIpc) is 2.98. The third-order valence-corrected chi connectivity index (χ3v) is 5.88. The molecule has 4 aromatic rings. The lowest BCUT2D eigenvalue weighted by Crippen LogP contribution is -2.31. The van der Waals surface area contributed by atoms with Crippen LogP contribution in [0.2, 0.25) is 5.02 Å². The highest BCUT2D eigenvalue weighted by Crippen LogP contribution is 2.37. The van der Waals surface area contributed by atoms with Crippen LogP contribution in [0, 0.1) is 24.4 Å². The van der Waals surface area contributed by atoms with Gasteiger partial charge in [-0.15, -0.1) is 0 Å². The van der Waals surface area contributed by atoms with Gasteiger partial charge in [0.2, 0.25) is 0 Å². The number of nitrogens with zero attached hydrogens (tertiary/aromatic N) is 1. The van der Waals surface area contributed by atoms with E-state index in [0.717, 1.165) is 64.9 Å². The molecule has 1 heterocycles. The highest BCUT2D eigenvalue weighted by atomic mass is 35.5. The van der Waals surface area contributed by atoms with E-state index in [2.05, 4.69) is 22.7 Å². The molecule has 3 aromatic carbocycles. The smallest absolute Gasteiger partial charge is 0.325 e. The lowest BCUT2D eigenvalue weighted by Gasteiger charge is -2.14. The van der Waals surface area contributed by atoms with Crippen LogP contribution in [0.25, 0.3) is 22.0 Å². The number of aryl methyl sites for hydroxylation is 2. The molecule has 0 saturated heterocycles. The van der Waals surface area contributed by atoms with Gasteiger partial charge < -0.3 is 10.1 Å². The number of hydrogen-bond donors (Lipinski definition) is 1. The fourth-order valence-electron chi connectivity index (χ4n) is 3.75. The maximum Gasteiger partial charge on any atom is 0.325 e. The first-order valence-corrected chi connectivity index (χ1v) is 13.7. The van der Waals surface area contributed by atoms with Crippen molar-refractivity contribution in [1.82, 2.24) is 10.3 Å². The van der Waals surface area contributed by atoms with Crippen molar-refractivity contribution >= 4 is 34.4 Å². The summed E-state index contributed by atoms with van der Waals surface area (Å²) in [5.74, 6) is -3.97. The van der Waals surface area contributed by atoms with Gasteiger partial charge in [-0.05, 0) is 54.8 Å². The van der Waals surface area contributed by atoms with E-state index in [1.807, 2.05) is 58.1 Å². The molecule has 9 heteroatoms. The summed E-state index contributed by atoms with van der Waals surface area (Å²) in [6.45, 7) is 11.6. The van der Waals surface area contributed by atoms with Gasteiger partial charge in [0.05, 0.1) is 17.6 Å². The molecule has 41 heavy (non-hydrogen) atoms. The van der Waals surface area contributed by atoms with Crippen LogP contribution < -0.4 is 5.32 Å². The summed E-state index contributed by atoms with van der Waals surface area (Å²) in [5.41, 5.74) is 4.09. The number of benzene rings is 3. The number of methoxy groups -OCH3 is 1. The normalized spacial score (nSPS) is 9.73. The van der Waals surface area contributed by atoms with Crippen LogP contribution in [0.4, 0.5) is 13.2 Å². The highest BCUT2D eigenvalue weighted by Gasteiger charge is 2.17. The second kappa shape index (κ2) is 17.7. The van der Waals surface area contributed by atoms with E-state index < -0.39 is 35.6 Å². The first kappa shape index (κ1) is 35.1. The molecule has 0 spiro atoms. The number of amides is 1. The van der Waals surface area contributed by atoms with Crippen LogP contribution in [-0.2, 0) is 16.0 Å². The van der Waals surface area contributed by atoms with Crippen molar-refractivity contribution in [2.75, 3.05) is 13.7 Å². The second-order valence-corrected chi connectivity index (χ2v) is 8.37. The Kier molecular flexibility index (Phi) is 15.2. The van der Waals surface area contributed by atoms with Crippen LogP contribution in [0.3, 0.4) is 0 Å². The van der Waals surface area contributed by atoms with Crippen LogP contribution >= 0.6 is 11.6 Å². The summed E-state index contributed by atoms with van der Waals surface area (Å²) < 4.78 is 44.0. The predicted octanol–water partition coefficient (Wildman–Crippen LogP) is 8.49. The van der Waals surface area contributed by atoms with Crippen molar-refractivity contribution in [3.63, 3.8) is 0 Å². The van der Waals surface area contributed by atoms with Crippen molar-refractivity contribution in [2.45, 2.75) is 48.0 Å². The van der Waals surface area contributed by atoms with Crippen molar-refractivity contribution in [3.05, 3.63) is 100.0 Å². The number of carbonyl (C=O) groups is 2. The van der Waals surface area contributed by atoms with E-state index in [9.17, 15) is 22.8 Å². The van der Waals surface area contributed by atoms with Crippen LogP contribution in [0.5, 0.6) is 0 Å². The highest BCUT2D eigenvalue weighted by molar-refractivity contribution is 6.34. The first-order chi connectivity index (χ1) is 19.7. The number of nitrogens with one attached hydrogen (secondary N) is 1. The Morgan fingerprint density at radius 1 is 0.951 bits per heavy atom. The maximum atomic E-state index is 13.6. The van der Waals surface area contributed by atoms with Gasteiger partial charge in [0, 0.05) is 22.7 Å². The molecule has 0 aliphatic heterocycles. The molecule has 0 fully saturated rings. The molecule has 1 amide bonds. The van der Waals surface area contributed by atoms with E-state index in [4.69, 9.17) is 11.6 Å². The summed E-state index contributed by atoms with van der Waals surface area (Å²) in [4.78, 5) is 26.5. The Balaban J connectivity index is 0.000000377. The lowest BCUT2D eigenvalue weighted by molar-refractivity contribution is -0.139. The number of ether oxygens (including phenoxy) is 1. The van der Waals surface area contributed by atoms with E-state index >= 15 is 0 Å².